The Kier molecular flexibility index (Phi) is 3.88. The summed E-state index contributed by atoms with van der Waals surface area (Å²) in [6.45, 7) is 4.02. The molecule has 0 radical (unpaired) electrons. The second kappa shape index (κ2) is 5.98. The number of carbonyl (C=O) groups excluding carboxylic acids is 1. The molecule has 0 aliphatic heterocycles. The normalized spacial score (nSPS) is 18.5. The van der Waals surface area contributed by atoms with E-state index in [4.69, 9.17) is 0 Å². The first-order valence-corrected chi connectivity index (χ1v) is 7.44. The summed E-state index contributed by atoms with van der Waals surface area (Å²) in [5.41, 5.74) is 5.81. The number of allylic oxidation sites excluding steroid dienone is 6. The first-order chi connectivity index (χ1) is 10.7. The number of ketones is 1. The zero-order valence-electron chi connectivity index (χ0n) is 12.8. The average molecular weight is 286 g/mol. The fraction of sp³-hybridized carbons (Fsp3) is 0.0952. The first kappa shape index (κ1) is 14.3. The second-order valence-corrected chi connectivity index (χ2v) is 5.47. The van der Waals surface area contributed by atoms with Gasteiger partial charge in [-0.25, -0.2) is 0 Å². The third-order valence-corrected chi connectivity index (χ3v) is 4.13. The lowest BCUT2D eigenvalue weighted by Gasteiger charge is -2.07. The molecule has 108 valence electrons. The molecule has 0 unspecified atom stereocenters. The van der Waals surface area contributed by atoms with Crippen LogP contribution in [0.1, 0.15) is 25.0 Å². The van der Waals surface area contributed by atoms with Crippen LogP contribution in [0.5, 0.6) is 0 Å². The Morgan fingerprint density at radius 3 is 1.36 bits per heavy atom. The summed E-state index contributed by atoms with van der Waals surface area (Å²) < 4.78 is 0. The van der Waals surface area contributed by atoms with Crippen molar-refractivity contribution in [3.8, 4) is 0 Å². The quantitative estimate of drug-likeness (QED) is 0.704. The van der Waals surface area contributed by atoms with E-state index in [1.165, 1.54) is 0 Å². The Morgan fingerprint density at radius 2 is 1.00 bits per heavy atom. The molecule has 0 atom stereocenters. The van der Waals surface area contributed by atoms with Crippen LogP contribution in [0.3, 0.4) is 0 Å². The predicted molar refractivity (Wildman–Crippen MR) is 92.2 cm³/mol. The van der Waals surface area contributed by atoms with Crippen LogP contribution in [0.15, 0.2) is 84.0 Å². The maximum atomic E-state index is 12.8. The zero-order chi connectivity index (χ0) is 15.5. The molecule has 1 heteroatoms. The van der Waals surface area contributed by atoms with E-state index in [0.29, 0.717) is 0 Å². The third kappa shape index (κ3) is 2.58. The highest BCUT2D eigenvalue weighted by Crippen LogP contribution is 2.31. The molecule has 22 heavy (non-hydrogen) atoms. The highest BCUT2D eigenvalue weighted by molar-refractivity contribution is 6.22. The topological polar surface area (TPSA) is 17.1 Å². The van der Waals surface area contributed by atoms with Crippen molar-refractivity contribution in [2.75, 3.05) is 0 Å². The van der Waals surface area contributed by atoms with Gasteiger partial charge < -0.3 is 0 Å². The summed E-state index contributed by atoms with van der Waals surface area (Å²) >= 11 is 0. The molecule has 0 fully saturated rings. The molecule has 3 rings (SSSR count). The molecule has 0 bridgehead atoms. The minimum Gasteiger partial charge on any atom is -0.289 e. The summed E-state index contributed by atoms with van der Waals surface area (Å²) in [6, 6.07) is 20.1. The van der Waals surface area contributed by atoms with Crippen molar-refractivity contribution in [3.63, 3.8) is 0 Å². The fourth-order valence-corrected chi connectivity index (χ4v) is 2.74. The Morgan fingerprint density at radius 1 is 0.636 bits per heavy atom. The minimum atomic E-state index is 0.114. The van der Waals surface area contributed by atoms with Crippen LogP contribution < -0.4 is 0 Å². The SMILES string of the molecule is C/C(=C1C=C/C(=C(/C)c2ccccc2)C/1=O)c1ccccc1. The lowest BCUT2D eigenvalue weighted by molar-refractivity contribution is -0.111. The van der Waals surface area contributed by atoms with Crippen LogP contribution in [0.2, 0.25) is 0 Å². The molecule has 0 saturated heterocycles. The van der Waals surface area contributed by atoms with E-state index >= 15 is 0 Å². The summed E-state index contributed by atoms with van der Waals surface area (Å²) in [4.78, 5) is 12.8. The molecule has 2 aromatic rings. The van der Waals surface area contributed by atoms with Crippen LogP contribution in [0, 0.1) is 0 Å². The highest BCUT2D eigenvalue weighted by Gasteiger charge is 2.22. The number of carbonyl (C=O) groups is 1. The van der Waals surface area contributed by atoms with E-state index in [2.05, 4.69) is 0 Å². The van der Waals surface area contributed by atoms with Crippen LogP contribution in [0.25, 0.3) is 11.1 Å². The third-order valence-electron chi connectivity index (χ3n) is 4.13. The smallest absolute Gasteiger partial charge is 0.193 e. The van der Waals surface area contributed by atoms with Crippen molar-refractivity contribution in [3.05, 3.63) is 95.1 Å². The number of rotatable bonds is 2. The van der Waals surface area contributed by atoms with Crippen LogP contribution >= 0.6 is 0 Å². The van der Waals surface area contributed by atoms with Crippen LogP contribution in [-0.2, 0) is 4.79 Å². The molecule has 1 nitrogen and oxygen atoms in total. The van der Waals surface area contributed by atoms with Crippen LogP contribution in [-0.4, -0.2) is 5.78 Å². The van der Waals surface area contributed by atoms with Gasteiger partial charge in [0, 0.05) is 11.1 Å². The number of Topliss-reactive ketones (excluding diaryl/α,β-unsaturated/α-hetero) is 1. The Hall–Kier alpha value is -2.67. The molecule has 0 aromatic heterocycles. The second-order valence-electron chi connectivity index (χ2n) is 5.47. The maximum Gasteiger partial charge on any atom is 0.193 e. The highest BCUT2D eigenvalue weighted by atomic mass is 16.1. The van der Waals surface area contributed by atoms with Crippen molar-refractivity contribution in [2.45, 2.75) is 13.8 Å². The van der Waals surface area contributed by atoms with Crippen molar-refractivity contribution in [1.82, 2.24) is 0 Å². The van der Waals surface area contributed by atoms with Crippen LogP contribution in [0.4, 0.5) is 0 Å². The van der Waals surface area contributed by atoms with Gasteiger partial charge in [0.15, 0.2) is 5.78 Å². The minimum absolute atomic E-state index is 0.114. The van der Waals surface area contributed by atoms with E-state index in [-0.39, 0.29) is 5.78 Å². The van der Waals surface area contributed by atoms with Gasteiger partial charge in [-0.15, -0.1) is 0 Å². The molecule has 0 amide bonds. The van der Waals surface area contributed by atoms with Gasteiger partial charge in [0.05, 0.1) is 0 Å². The maximum absolute atomic E-state index is 12.8. The standard InChI is InChI=1S/C21H18O/c1-15(17-9-5-3-6-10-17)19-13-14-20(21(19)22)16(2)18-11-7-4-8-12-18/h3-14H,1-2H3/b19-15+,20-16+. The lowest BCUT2D eigenvalue weighted by atomic mass is 9.96. The van der Waals surface area contributed by atoms with Gasteiger partial charge in [-0.05, 0) is 36.1 Å². The van der Waals surface area contributed by atoms with Gasteiger partial charge in [0.2, 0.25) is 0 Å². The first-order valence-electron chi connectivity index (χ1n) is 7.44. The Bertz CT molecular complexity index is 723. The monoisotopic (exact) mass is 286 g/mol. The molecule has 0 N–H and O–H groups in total. The number of hydrogen-bond acceptors (Lipinski definition) is 1. The fourth-order valence-electron chi connectivity index (χ4n) is 2.74. The van der Waals surface area contributed by atoms with E-state index < -0.39 is 0 Å². The lowest BCUT2D eigenvalue weighted by Crippen LogP contribution is -2.01. The molecule has 1 aliphatic carbocycles. The van der Waals surface area contributed by atoms with E-state index in [1.807, 2.05) is 86.7 Å². The van der Waals surface area contributed by atoms with Gasteiger partial charge >= 0.3 is 0 Å². The molecular weight excluding hydrogens is 268 g/mol. The van der Waals surface area contributed by atoms with Crippen molar-refractivity contribution in [2.24, 2.45) is 0 Å². The molecular formula is C21H18O. The predicted octanol–water partition coefficient (Wildman–Crippen LogP) is 5.07. The Labute approximate surface area is 131 Å². The van der Waals surface area contributed by atoms with Crippen molar-refractivity contribution >= 4 is 16.9 Å². The van der Waals surface area contributed by atoms with E-state index in [0.717, 1.165) is 33.4 Å². The Balaban J connectivity index is 2.02. The zero-order valence-corrected chi connectivity index (χ0v) is 12.8. The number of benzene rings is 2. The largest absolute Gasteiger partial charge is 0.289 e. The number of hydrogen-bond donors (Lipinski definition) is 0. The van der Waals surface area contributed by atoms with E-state index in [1.54, 1.807) is 0 Å². The summed E-state index contributed by atoms with van der Waals surface area (Å²) in [5, 5.41) is 0. The molecule has 0 spiro atoms. The summed E-state index contributed by atoms with van der Waals surface area (Å²) in [7, 11) is 0. The molecule has 2 aromatic carbocycles. The molecule has 0 saturated carbocycles. The van der Waals surface area contributed by atoms with E-state index in [9.17, 15) is 4.79 Å². The summed E-state index contributed by atoms with van der Waals surface area (Å²) in [6.07, 6.45) is 3.87. The summed E-state index contributed by atoms with van der Waals surface area (Å²) in [5.74, 6) is 0.114. The van der Waals surface area contributed by atoms with Crippen molar-refractivity contribution in [1.29, 1.82) is 0 Å². The van der Waals surface area contributed by atoms with Gasteiger partial charge in [0.1, 0.15) is 0 Å². The van der Waals surface area contributed by atoms with Gasteiger partial charge in [-0.3, -0.25) is 4.79 Å². The molecule has 0 heterocycles. The average Bonchev–Trinajstić information content (AvgIpc) is 2.96. The van der Waals surface area contributed by atoms with Gasteiger partial charge in [-0.1, -0.05) is 72.8 Å². The molecule has 1 aliphatic rings. The van der Waals surface area contributed by atoms with Gasteiger partial charge in [-0.2, -0.15) is 0 Å². The van der Waals surface area contributed by atoms with Crippen molar-refractivity contribution < 1.29 is 4.79 Å². The van der Waals surface area contributed by atoms with Gasteiger partial charge in [0.25, 0.3) is 0 Å².